The lowest BCUT2D eigenvalue weighted by molar-refractivity contribution is 0.0578. The number of sulfone groups is 1. The van der Waals surface area contributed by atoms with E-state index in [4.69, 9.17) is 4.74 Å². The van der Waals surface area contributed by atoms with E-state index in [-0.39, 0.29) is 6.10 Å². The van der Waals surface area contributed by atoms with Crippen LogP contribution in [0.1, 0.15) is 13.8 Å². The van der Waals surface area contributed by atoms with Crippen LogP contribution in [0.25, 0.3) is 0 Å². The van der Waals surface area contributed by atoms with Crippen LogP contribution in [0.2, 0.25) is 0 Å². The van der Waals surface area contributed by atoms with Crippen LogP contribution in [-0.4, -0.2) is 70.0 Å². The van der Waals surface area contributed by atoms with Gasteiger partial charge in [0.2, 0.25) is 0 Å². The Balaban J connectivity index is 1.95. The number of ether oxygens (including phenoxy) is 1. The summed E-state index contributed by atoms with van der Waals surface area (Å²) in [5.41, 5.74) is 0. The van der Waals surface area contributed by atoms with Gasteiger partial charge in [-0.2, -0.15) is 0 Å². The number of hydrogen-bond donors (Lipinski definition) is 0. The summed E-state index contributed by atoms with van der Waals surface area (Å²) >= 11 is 0. The second kappa shape index (κ2) is 7.39. The monoisotopic (exact) mass is 327 g/mol. The molecule has 0 N–H and O–H groups in total. The number of rotatable bonds is 6. The lowest BCUT2D eigenvalue weighted by atomic mass is 10.3. The van der Waals surface area contributed by atoms with Crippen molar-refractivity contribution >= 4 is 15.7 Å². The fraction of sp³-hybridized carbons (Fsp3) is 0.667. The number of hydrogen-bond acceptors (Lipinski definition) is 6. The Kier molecular flexibility index (Phi) is 5.77. The Hall–Kier alpha value is -1.18. The normalized spacial score (nSPS) is 17.2. The molecule has 0 saturated carbocycles. The summed E-state index contributed by atoms with van der Waals surface area (Å²) in [5.74, 6) is 0.572. The van der Waals surface area contributed by atoms with Crippen molar-refractivity contribution in [1.82, 2.24) is 9.88 Å². The van der Waals surface area contributed by atoms with Crippen LogP contribution >= 0.6 is 0 Å². The minimum Gasteiger partial charge on any atom is -0.377 e. The highest BCUT2D eigenvalue weighted by molar-refractivity contribution is 7.90. The maximum Gasteiger partial charge on any atom is 0.179 e. The van der Waals surface area contributed by atoms with E-state index in [9.17, 15) is 8.42 Å². The van der Waals surface area contributed by atoms with Crippen molar-refractivity contribution in [1.29, 1.82) is 0 Å². The molecule has 1 saturated heterocycles. The summed E-state index contributed by atoms with van der Waals surface area (Å²) in [5, 5.41) is 0. The number of pyridine rings is 1. The molecule has 124 valence electrons. The summed E-state index contributed by atoms with van der Waals surface area (Å²) in [6.45, 7) is 9.05. The smallest absolute Gasteiger partial charge is 0.179 e. The van der Waals surface area contributed by atoms with E-state index in [1.807, 2.05) is 13.8 Å². The molecule has 6 nitrogen and oxygen atoms in total. The van der Waals surface area contributed by atoms with Crippen LogP contribution in [0.5, 0.6) is 0 Å². The third-order valence-electron chi connectivity index (χ3n) is 3.68. The molecule has 2 heterocycles. The van der Waals surface area contributed by atoms with E-state index in [1.165, 1.54) is 6.26 Å². The first-order valence-electron chi connectivity index (χ1n) is 7.62. The standard InChI is InChI=1S/C15H25N3O3S/c1-13(2)21-12-11-17-7-9-18(10-8-17)15-14(22(3,19)20)5-4-6-16-15/h4-6,13H,7-12H2,1-3H3. The van der Waals surface area contributed by atoms with Gasteiger partial charge in [-0.1, -0.05) is 0 Å². The lowest BCUT2D eigenvalue weighted by Crippen LogP contribution is -2.48. The average Bonchev–Trinajstić information content (AvgIpc) is 2.47. The first-order valence-corrected chi connectivity index (χ1v) is 9.51. The zero-order chi connectivity index (χ0) is 16.2. The van der Waals surface area contributed by atoms with Gasteiger partial charge < -0.3 is 9.64 Å². The Morgan fingerprint density at radius 2 is 1.95 bits per heavy atom. The van der Waals surface area contributed by atoms with Gasteiger partial charge in [0, 0.05) is 45.2 Å². The van der Waals surface area contributed by atoms with Crippen LogP contribution < -0.4 is 4.90 Å². The molecule has 0 aliphatic carbocycles. The van der Waals surface area contributed by atoms with Crippen LogP contribution in [0.3, 0.4) is 0 Å². The Labute approximate surface area is 133 Å². The van der Waals surface area contributed by atoms with Crippen LogP contribution in [0.4, 0.5) is 5.82 Å². The van der Waals surface area contributed by atoms with Gasteiger partial charge in [0.05, 0.1) is 12.7 Å². The van der Waals surface area contributed by atoms with Gasteiger partial charge in [-0.05, 0) is 26.0 Å². The highest BCUT2D eigenvalue weighted by Crippen LogP contribution is 2.23. The zero-order valence-corrected chi connectivity index (χ0v) is 14.3. The third-order valence-corrected chi connectivity index (χ3v) is 4.80. The molecule has 0 atom stereocenters. The molecule has 22 heavy (non-hydrogen) atoms. The highest BCUT2D eigenvalue weighted by Gasteiger charge is 2.23. The number of piperazine rings is 1. The van der Waals surface area contributed by atoms with Crippen LogP contribution in [0, 0.1) is 0 Å². The second-order valence-corrected chi connectivity index (χ2v) is 7.83. The molecule has 1 aliphatic rings. The molecular weight excluding hydrogens is 302 g/mol. The van der Waals surface area contributed by atoms with E-state index in [2.05, 4.69) is 14.8 Å². The van der Waals surface area contributed by atoms with Crippen molar-refractivity contribution in [2.75, 3.05) is 50.5 Å². The summed E-state index contributed by atoms with van der Waals surface area (Å²) < 4.78 is 29.3. The fourth-order valence-corrected chi connectivity index (χ4v) is 3.35. The maximum absolute atomic E-state index is 11.9. The predicted octanol–water partition coefficient (Wildman–Crippen LogP) is 1.03. The fourth-order valence-electron chi connectivity index (χ4n) is 2.51. The number of anilines is 1. The zero-order valence-electron chi connectivity index (χ0n) is 13.5. The van der Waals surface area contributed by atoms with Crippen molar-refractivity contribution in [2.45, 2.75) is 24.8 Å². The van der Waals surface area contributed by atoms with Gasteiger partial charge in [-0.25, -0.2) is 13.4 Å². The van der Waals surface area contributed by atoms with Crippen molar-refractivity contribution < 1.29 is 13.2 Å². The average molecular weight is 327 g/mol. The van der Waals surface area contributed by atoms with Gasteiger partial charge in [0.1, 0.15) is 10.7 Å². The van der Waals surface area contributed by atoms with Crippen molar-refractivity contribution in [3.05, 3.63) is 18.3 Å². The highest BCUT2D eigenvalue weighted by atomic mass is 32.2. The molecule has 1 aliphatic heterocycles. The number of nitrogens with zero attached hydrogens (tertiary/aromatic N) is 3. The Morgan fingerprint density at radius 3 is 2.55 bits per heavy atom. The summed E-state index contributed by atoms with van der Waals surface area (Å²) in [7, 11) is -3.26. The van der Waals surface area contributed by atoms with E-state index in [1.54, 1.807) is 18.3 Å². The molecule has 1 aromatic rings. The molecule has 1 aromatic heterocycles. The van der Waals surface area contributed by atoms with Crippen molar-refractivity contribution in [2.24, 2.45) is 0 Å². The first kappa shape index (κ1) is 17.2. The quantitative estimate of drug-likeness (QED) is 0.778. The molecule has 0 aromatic carbocycles. The third kappa shape index (κ3) is 4.66. The summed E-state index contributed by atoms with van der Waals surface area (Å²) in [4.78, 5) is 8.98. The SMILES string of the molecule is CC(C)OCCN1CCN(c2ncccc2S(C)(=O)=O)CC1. The van der Waals surface area contributed by atoms with E-state index >= 15 is 0 Å². The van der Waals surface area contributed by atoms with Crippen LogP contribution in [0.15, 0.2) is 23.2 Å². The topological polar surface area (TPSA) is 62.7 Å². The van der Waals surface area contributed by atoms with Crippen molar-refractivity contribution in [3.63, 3.8) is 0 Å². The molecule has 0 radical (unpaired) electrons. The van der Waals surface area contributed by atoms with Crippen LogP contribution in [-0.2, 0) is 14.6 Å². The van der Waals surface area contributed by atoms with E-state index in [0.717, 1.165) is 39.3 Å². The van der Waals surface area contributed by atoms with Crippen molar-refractivity contribution in [3.8, 4) is 0 Å². The molecule has 7 heteroatoms. The van der Waals surface area contributed by atoms with Gasteiger partial charge in [0.25, 0.3) is 0 Å². The summed E-state index contributed by atoms with van der Waals surface area (Å²) in [6, 6.07) is 3.29. The summed E-state index contributed by atoms with van der Waals surface area (Å²) in [6.07, 6.45) is 3.13. The molecule has 0 amide bonds. The van der Waals surface area contributed by atoms with Gasteiger partial charge in [-0.15, -0.1) is 0 Å². The van der Waals surface area contributed by atoms with E-state index < -0.39 is 9.84 Å². The van der Waals surface area contributed by atoms with Gasteiger partial charge in [0.15, 0.2) is 9.84 Å². The minimum absolute atomic E-state index is 0.257. The van der Waals surface area contributed by atoms with Gasteiger partial charge in [-0.3, -0.25) is 4.90 Å². The molecule has 2 rings (SSSR count). The Bertz CT molecular complexity index is 581. The largest absolute Gasteiger partial charge is 0.377 e. The lowest BCUT2D eigenvalue weighted by Gasteiger charge is -2.36. The van der Waals surface area contributed by atoms with Gasteiger partial charge >= 0.3 is 0 Å². The Morgan fingerprint density at radius 1 is 1.27 bits per heavy atom. The molecule has 0 bridgehead atoms. The molecule has 0 spiro atoms. The predicted molar refractivity (Wildman–Crippen MR) is 87.1 cm³/mol. The maximum atomic E-state index is 11.9. The molecule has 1 fully saturated rings. The number of aromatic nitrogens is 1. The minimum atomic E-state index is -3.26. The van der Waals surface area contributed by atoms with E-state index in [0.29, 0.717) is 10.7 Å². The first-order chi connectivity index (χ1) is 10.4. The second-order valence-electron chi connectivity index (χ2n) is 5.85. The molecule has 0 unspecified atom stereocenters. The molecular formula is C15H25N3O3S.